The third-order valence-corrected chi connectivity index (χ3v) is 5.55. The minimum Gasteiger partial charge on any atom is -0.396 e. The third kappa shape index (κ3) is 3.96. The molecule has 3 heteroatoms. The van der Waals surface area contributed by atoms with E-state index in [1.807, 2.05) is 0 Å². The van der Waals surface area contributed by atoms with Gasteiger partial charge in [-0.15, -0.1) is 0 Å². The molecule has 0 bridgehead atoms. The summed E-state index contributed by atoms with van der Waals surface area (Å²) in [5.41, 5.74) is 0.169. The molecule has 0 radical (unpaired) electrons. The van der Waals surface area contributed by atoms with Crippen molar-refractivity contribution in [3.05, 3.63) is 0 Å². The van der Waals surface area contributed by atoms with Gasteiger partial charge in [0.2, 0.25) is 0 Å². The Bertz CT molecular complexity index is 297. The molecule has 0 spiro atoms. The van der Waals surface area contributed by atoms with Gasteiger partial charge in [0.25, 0.3) is 0 Å². The molecule has 1 aliphatic carbocycles. The zero-order valence-corrected chi connectivity index (χ0v) is 13.8. The van der Waals surface area contributed by atoms with Crippen molar-refractivity contribution in [1.82, 2.24) is 9.80 Å². The third-order valence-electron chi connectivity index (χ3n) is 5.55. The summed E-state index contributed by atoms with van der Waals surface area (Å²) in [7, 11) is 2.25. The first-order chi connectivity index (χ1) is 9.58. The SMILES string of the molecule is CCN1CCCC1CN(C)CC1(CO)CCCC(C)C1. The second kappa shape index (κ2) is 7.24. The van der Waals surface area contributed by atoms with Crippen LogP contribution in [0.2, 0.25) is 0 Å². The maximum atomic E-state index is 9.93. The predicted molar refractivity (Wildman–Crippen MR) is 84.9 cm³/mol. The van der Waals surface area contributed by atoms with Crippen LogP contribution >= 0.6 is 0 Å². The second-order valence-electron chi connectivity index (χ2n) is 7.48. The van der Waals surface area contributed by atoms with Gasteiger partial charge in [0.15, 0.2) is 0 Å². The van der Waals surface area contributed by atoms with Gasteiger partial charge >= 0.3 is 0 Å². The maximum Gasteiger partial charge on any atom is 0.0499 e. The van der Waals surface area contributed by atoms with Crippen LogP contribution in [0, 0.1) is 11.3 Å². The van der Waals surface area contributed by atoms with E-state index in [4.69, 9.17) is 0 Å². The predicted octanol–water partition coefficient (Wildman–Crippen LogP) is 2.59. The summed E-state index contributed by atoms with van der Waals surface area (Å²) in [6.45, 7) is 9.68. The van der Waals surface area contributed by atoms with Crippen LogP contribution in [-0.2, 0) is 0 Å². The first-order valence-electron chi connectivity index (χ1n) is 8.62. The number of rotatable bonds is 6. The van der Waals surface area contributed by atoms with E-state index in [9.17, 15) is 5.11 Å². The Morgan fingerprint density at radius 1 is 1.30 bits per heavy atom. The number of hydrogen-bond donors (Lipinski definition) is 1. The van der Waals surface area contributed by atoms with Crippen molar-refractivity contribution in [3.63, 3.8) is 0 Å². The number of aliphatic hydroxyl groups is 1. The molecule has 3 nitrogen and oxygen atoms in total. The maximum absolute atomic E-state index is 9.93. The van der Waals surface area contributed by atoms with Crippen molar-refractivity contribution in [2.24, 2.45) is 11.3 Å². The van der Waals surface area contributed by atoms with Gasteiger partial charge in [0, 0.05) is 31.2 Å². The van der Waals surface area contributed by atoms with Crippen LogP contribution in [0.3, 0.4) is 0 Å². The van der Waals surface area contributed by atoms with Crippen LogP contribution in [0.4, 0.5) is 0 Å². The van der Waals surface area contributed by atoms with Crippen LogP contribution in [0.25, 0.3) is 0 Å². The molecule has 3 atom stereocenters. The van der Waals surface area contributed by atoms with Gasteiger partial charge in [0.05, 0.1) is 0 Å². The quantitative estimate of drug-likeness (QED) is 0.811. The first-order valence-corrected chi connectivity index (χ1v) is 8.62. The normalized spacial score (nSPS) is 35.9. The van der Waals surface area contributed by atoms with Crippen molar-refractivity contribution in [2.75, 3.05) is 39.8 Å². The monoisotopic (exact) mass is 282 g/mol. The largest absolute Gasteiger partial charge is 0.396 e. The van der Waals surface area contributed by atoms with Gasteiger partial charge < -0.3 is 10.0 Å². The van der Waals surface area contributed by atoms with Crippen molar-refractivity contribution in [1.29, 1.82) is 0 Å². The van der Waals surface area contributed by atoms with Gasteiger partial charge in [-0.2, -0.15) is 0 Å². The molecule has 2 fully saturated rings. The Kier molecular flexibility index (Phi) is 5.88. The number of likely N-dealkylation sites (N-methyl/N-ethyl adjacent to an activating group) is 2. The highest BCUT2D eigenvalue weighted by molar-refractivity contribution is 4.89. The lowest BCUT2D eigenvalue weighted by atomic mass is 9.70. The molecular formula is C17H34N2O. The van der Waals surface area contributed by atoms with E-state index in [0.29, 0.717) is 6.61 Å². The summed E-state index contributed by atoms with van der Waals surface area (Å²) in [6.07, 6.45) is 7.75. The van der Waals surface area contributed by atoms with E-state index in [2.05, 4.69) is 30.7 Å². The summed E-state index contributed by atoms with van der Waals surface area (Å²) in [5.74, 6) is 0.780. The highest BCUT2D eigenvalue weighted by atomic mass is 16.3. The Morgan fingerprint density at radius 3 is 2.75 bits per heavy atom. The molecule has 0 aromatic rings. The van der Waals surface area contributed by atoms with Gasteiger partial charge in [-0.05, 0) is 51.7 Å². The van der Waals surface area contributed by atoms with E-state index in [1.54, 1.807) is 0 Å². The molecule has 1 N–H and O–H groups in total. The molecule has 1 saturated heterocycles. The van der Waals surface area contributed by atoms with E-state index < -0.39 is 0 Å². The molecule has 1 saturated carbocycles. The molecule has 0 amide bonds. The van der Waals surface area contributed by atoms with Gasteiger partial charge in [-0.3, -0.25) is 4.90 Å². The lowest BCUT2D eigenvalue weighted by Crippen LogP contribution is -2.46. The van der Waals surface area contributed by atoms with Gasteiger partial charge in [0.1, 0.15) is 0 Å². The molecule has 0 aromatic heterocycles. The van der Waals surface area contributed by atoms with Crippen molar-refractivity contribution in [2.45, 2.75) is 58.4 Å². The Morgan fingerprint density at radius 2 is 2.10 bits per heavy atom. The van der Waals surface area contributed by atoms with Crippen molar-refractivity contribution >= 4 is 0 Å². The second-order valence-corrected chi connectivity index (χ2v) is 7.48. The number of nitrogens with zero attached hydrogens (tertiary/aromatic N) is 2. The van der Waals surface area contributed by atoms with Crippen LogP contribution in [-0.4, -0.2) is 60.8 Å². The van der Waals surface area contributed by atoms with Gasteiger partial charge in [-0.1, -0.05) is 26.7 Å². The summed E-state index contributed by atoms with van der Waals surface area (Å²) in [6, 6.07) is 0.738. The average Bonchev–Trinajstić information content (AvgIpc) is 2.85. The van der Waals surface area contributed by atoms with E-state index >= 15 is 0 Å². The molecule has 3 unspecified atom stereocenters. The Labute approximate surface area is 125 Å². The fourth-order valence-electron chi connectivity index (χ4n) is 4.62. The lowest BCUT2D eigenvalue weighted by molar-refractivity contribution is 0.0254. The fraction of sp³-hybridized carbons (Fsp3) is 1.00. The molecule has 0 aromatic carbocycles. The van der Waals surface area contributed by atoms with Crippen molar-refractivity contribution in [3.8, 4) is 0 Å². The zero-order chi connectivity index (χ0) is 14.6. The molecule has 1 heterocycles. The molecule has 1 aliphatic heterocycles. The first kappa shape index (κ1) is 16.3. The Hall–Kier alpha value is -0.120. The number of likely N-dealkylation sites (tertiary alicyclic amines) is 1. The average molecular weight is 282 g/mol. The topological polar surface area (TPSA) is 26.7 Å². The molecule has 20 heavy (non-hydrogen) atoms. The molecule has 118 valence electrons. The Balaban J connectivity index is 1.87. The smallest absolute Gasteiger partial charge is 0.0499 e. The fourth-order valence-corrected chi connectivity index (χ4v) is 4.62. The lowest BCUT2D eigenvalue weighted by Gasteiger charge is -2.42. The number of hydrogen-bond acceptors (Lipinski definition) is 3. The van der Waals surface area contributed by atoms with E-state index in [1.165, 1.54) is 58.2 Å². The van der Waals surface area contributed by atoms with Crippen LogP contribution < -0.4 is 0 Å². The van der Waals surface area contributed by atoms with E-state index in [-0.39, 0.29) is 5.41 Å². The number of aliphatic hydroxyl groups excluding tert-OH is 1. The van der Waals surface area contributed by atoms with Crippen LogP contribution in [0.5, 0.6) is 0 Å². The zero-order valence-electron chi connectivity index (χ0n) is 13.8. The molecule has 2 aliphatic rings. The highest BCUT2D eigenvalue weighted by Crippen LogP contribution is 2.39. The van der Waals surface area contributed by atoms with Gasteiger partial charge in [-0.25, -0.2) is 0 Å². The van der Waals surface area contributed by atoms with E-state index in [0.717, 1.165) is 18.5 Å². The summed E-state index contributed by atoms with van der Waals surface area (Å²) in [4.78, 5) is 5.11. The standard InChI is InChI=1S/C17H34N2O/c1-4-19-10-6-8-16(19)12-18(3)13-17(14-20)9-5-7-15(2)11-17/h15-16,20H,4-14H2,1-3H3. The highest BCUT2D eigenvalue weighted by Gasteiger charge is 2.36. The van der Waals surface area contributed by atoms with Crippen LogP contribution in [0.1, 0.15) is 52.4 Å². The molecule has 2 rings (SSSR count). The minimum absolute atomic E-state index is 0.169. The minimum atomic E-state index is 0.169. The van der Waals surface area contributed by atoms with Crippen molar-refractivity contribution < 1.29 is 5.11 Å². The summed E-state index contributed by atoms with van der Waals surface area (Å²) >= 11 is 0. The summed E-state index contributed by atoms with van der Waals surface area (Å²) in [5, 5.41) is 9.93. The molecular weight excluding hydrogens is 248 g/mol. The summed E-state index contributed by atoms with van der Waals surface area (Å²) < 4.78 is 0. The van der Waals surface area contributed by atoms with Crippen LogP contribution in [0.15, 0.2) is 0 Å².